The highest BCUT2D eigenvalue weighted by molar-refractivity contribution is 5.59. The van der Waals surface area contributed by atoms with Gasteiger partial charge in [-0.15, -0.1) is 0 Å². The van der Waals surface area contributed by atoms with Gasteiger partial charge in [0.1, 0.15) is 11.3 Å². The Hall–Kier alpha value is -2.24. The standard InChI is InChI=1S/C17H19N5/c1-2-5-19-15(3-1)16-13-22-8-4-14(11-17(22)20-16)12-21-9-6-18-7-10-21/h1-5,8,11,13,18H,6-7,9-10,12H2. The van der Waals surface area contributed by atoms with Crippen LogP contribution in [0.25, 0.3) is 17.0 Å². The number of piperazine rings is 1. The van der Waals surface area contributed by atoms with Crippen molar-refractivity contribution >= 4 is 5.65 Å². The lowest BCUT2D eigenvalue weighted by atomic mass is 10.2. The first-order chi connectivity index (χ1) is 10.9. The Morgan fingerprint density at radius 2 is 2.00 bits per heavy atom. The number of nitrogens with zero attached hydrogens (tertiary/aromatic N) is 4. The summed E-state index contributed by atoms with van der Waals surface area (Å²) in [6.45, 7) is 5.37. The van der Waals surface area contributed by atoms with Gasteiger partial charge in [-0.1, -0.05) is 6.07 Å². The molecule has 0 saturated carbocycles. The number of rotatable bonds is 3. The van der Waals surface area contributed by atoms with E-state index in [-0.39, 0.29) is 0 Å². The molecule has 22 heavy (non-hydrogen) atoms. The second-order valence-corrected chi connectivity index (χ2v) is 5.67. The van der Waals surface area contributed by atoms with Crippen LogP contribution in [0.5, 0.6) is 0 Å². The van der Waals surface area contributed by atoms with E-state index in [1.54, 1.807) is 6.20 Å². The van der Waals surface area contributed by atoms with Gasteiger partial charge in [0.25, 0.3) is 0 Å². The summed E-state index contributed by atoms with van der Waals surface area (Å²) in [5.74, 6) is 0. The molecule has 1 aliphatic rings. The molecule has 3 aromatic heterocycles. The average Bonchev–Trinajstić information content (AvgIpc) is 3.00. The summed E-state index contributed by atoms with van der Waals surface area (Å²) >= 11 is 0. The Bertz CT molecular complexity index is 759. The first kappa shape index (κ1) is 13.4. The lowest BCUT2D eigenvalue weighted by Gasteiger charge is -2.27. The molecule has 1 aliphatic heterocycles. The molecule has 112 valence electrons. The number of hydrogen-bond donors (Lipinski definition) is 1. The van der Waals surface area contributed by atoms with Crippen molar-refractivity contribution in [3.8, 4) is 11.4 Å². The van der Waals surface area contributed by atoms with Gasteiger partial charge in [0.05, 0.1) is 5.69 Å². The Morgan fingerprint density at radius 3 is 2.82 bits per heavy atom. The summed E-state index contributed by atoms with van der Waals surface area (Å²) in [6, 6.07) is 10.3. The zero-order chi connectivity index (χ0) is 14.8. The first-order valence-electron chi connectivity index (χ1n) is 7.71. The number of fused-ring (bicyclic) bond motifs is 1. The molecule has 0 bridgehead atoms. The summed E-state index contributed by atoms with van der Waals surface area (Å²) in [7, 11) is 0. The van der Waals surface area contributed by atoms with E-state index in [0.717, 1.165) is 49.8 Å². The number of nitrogens with one attached hydrogen (secondary N) is 1. The molecule has 5 nitrogen and oxygen atoms in total. The van der Waals surface area contributed by atoms with Crippen molar-refractivity contribution in [1.82, 2.24) is 24.6 Å². The van der Waals surface area contributed by atoms with Crippen molar-refractivity contribution < 1.29 is 0 Å². The van der Waals surface area contributed by atoms with Crippen LogP contribution in [0.15, 0.2) is 48.9 Å². The number of imidazole rings is 1. The zero-order valence-electron chi connectivity index (χ0n) is 12.4. The van der Waals surface area contributed by atoms with Crippen molar-refractivity contribution in [3.05, 3.63) is 54.5 Å². The average molecular weight is 293 g/mol. The maximum absolute atomic E-state index is 4.71. The second kappa shape index (κ2) is 5.87. The first-order valence-corrected chi connectivity index (χ1v) is 7.71. The molecule has 1 saturated heterocycles. The Kier molecular flexibility index (Phi) is 3.58. The molecule has 4 rings (SSSR count). The molecule has 0 radical (unpaired) electrons. The van der Waals surface area contributed by atoms with Gasteiger partial charge in [0, 0.05) is 51.3 Å². The monoisotopic (exact) mass is 293 g/mol. The normalized spacial score (nSPS) is 16.2. The van der Waals surface area contributed by atoms with Crippen molar-refractivity contribution in [3.63, 3.8) is 0 Å². The molecule has 4 heterocycles. The van der Waals surface area contributed by atoms with Gasteiger partial charge in [-0.25, -0.2) is 4.98 Å². The molecule has 0 amide bonds. The molecule has 0 unspecified atom stereocenters. The van der Waals surface area contributed by atoms with Crippen molar-refractivity contribution in [1.29, 1.82) is 0 Å². The molecule has 0 spiro atoms. The van der Waals surface area contributed by atoms with Gasteiger partial charge in [-0.2, -0.15) is 0 Å². The smallest absolute Gasteiger partial charge is 0.137 e. The molecule has 1 fully saturated rings. The van der Waals surface area contributed by atoms with Crippen LogP contribution in [0.4, 0.5) is 0 Å². The molecule has 5 heteroatoms. The van der Waals surface area contributed by atoms with Crippen LogP contribution in [0.2, 0.25) is 0 Å². The van der Waals surface area contributed by atoms with E-state index in [0.29, 0.717) is 0 Å². The van der Waals surface area contributed by atoms with Crippen molar-refractivity contribution in [2.24, 2.45) is 0 Å². The summed E-state index contributed by atoms with van der Waals surface area (Å²) < 4.78 is 2.06. The number of pyridine rings is 2. The van der Waals surface area contributed by atoms with Crippen molar-refractivity contribution in [2.45, 2.75) is 6.54 Å². The van der Waals surface area contributed by atoms with Crippen LogP contribution in [0.3, 0.4) is 0 Å². The third-order valence-electron chi connectivity index (χ3n) is 4.07. The molecule has 3 aromatic rings. The molecular weight excluding hydrogens is 274 g/mol. The molecule has 1 N–H and O–H groups in total. The minimum atomic E-state index is 0.912. The fourth-order valence-corrected chi connectivity index (χ4v) is 2.89. The van der Waals surface area contributed by atoms with E-state index in [2.05, 4.69) is 37.9 Å². The highest BCUT2D eigenvalue weighted by atomic mass is 15.2. The van der Waals surface area contributed by atoms with Gasteiger partial charge in [-0.05, 0) is 29.8 Å². The van der Waals surface area contributed by atoms with E-state index in [4.69, 9.17) is 4.98 Å². The summed E-state index contributed by atoms with van der Waals surface area (Å²) in [6.07, 6.45) is 5.92. The van der Waals surface area contributed by atoms with E-state index >= 15 is 0 Å². The predicted octanol–water partition coefficient (Wildman–Crippen LogP) is 1.80. The molecular formula is C17H19N5. The molecule has 0 aliphatic carbocycles. The van der Waals surface area contributed by atoms with Gasteiger partial charge in [0.15, 0.2) is 0 Å². The van der Waals surface area contributed by atoms with Gasteiger partial charge in [0.2, 0.25) is 0 Å². The zero-order valence-corrected chi connectivity index (χ0v) is 12.4. The highest BCUT2D eigenvalue weighted by Crippen LogP contribution is 2.17. The lowest BCUT2D eigenvalue weighted by molar-refractivity contribution is 0.233. The third-order valence-corrected chi connectivity index (χ3v) is 4.07. The van der Waals surface area contributed by atoms with Crippen LogP contribution in [0.1, 0.15) is 5.56 Å². The van der Waals surface area contributed by atoms with Gasteiger partial charge in [-0.3, -0.25) is 9.88 Å². The van der Waals surface area contributed by atoms with Crippen LogP contribution >= 0.6 is 0 Å². The quantitative estimate of drug-likeness (QED) is 0.800. The molecule has 0 atom stereocenters. The lowest BCUT2D eigenvalue weighted by Crippen LogP contribution is -2.42. The minimum absolute atomic E-state index is 0.912. The fraction of sp³-hybridized carbons (Fsp3) is 0.294. The Balaban J connectivity index is 1.60. The Morgan fingerprint density at radius 1 is 1.09 bits per heavy atom. The summed E-state index contributed by atoms with van der Waals surface area (Å²) in [4.78, 5) is 11.6. The van der Waals surface area contributed by atoms with Crippen LogP contribution in [0, 0.1) is 0 Å². The van der Waals surface area contributed by atoms with Crippen LogP contribution in [-0.4, -0.2) is 45.4 Å². The topological polar surface area (TPSA) is 45.5 Å². The second-order valence-electron chi connectivity index (χ2n) is 5.67. The number of aromatic nitrogens is 3. The van der Waals surface area contributed by atoms with E-state index in [9.17, 15) is 0 Å². The SMILES string of the molecule is c1ccc(-c2cn3ccc(CN4CCNCC4)cc3n2)nc1. The maximum Gasteiger partial charge on any atom is 0.137 e. The van der Waals surface area contributed by atoms with E-state index in [1.807, 2.05) is 24.4 Å². The Labute approximate surface area is 129 Å². The summed E-state index contributed by atoms with van der Waals surface area (Å²) in [5.41, 5.74) is 4.12. The minimum Gasteiger partial charge on any atom is -0.314 e. The van der Waals surface area contributed by atoms with Crippen molar-refractivity contribution in [2.75, 3.05) is 26.2 Å². The van der Waals surface area contributed by atoms with Gasteiger partial charge >= 0.3 is 0 Å². The maximum atomic E-state index is 4.71. The van der Waals surface area contributed by atoms with Crippen LogP contribution < -0.4 is 5.32 Å². The van der Waals surface area contributed by atoms with Gasteiger partial charge < -0.3 is 9.72 Å². The highest BCUT2D eigenvalue weighted by Gasteiger charge is 2.11. The van der Waals surface area contributed by atoms with E-state index in [1.165, 1.54) is 5.56 Å². The fourth-order valence-electron chi connectivity index (χ4n) is 2.89. The third kappa shape index (κ3) is 2.73. The largest absolute Gasteiger partial charge is 0.314 e. The van der Waals surface area contributed by atoms with E-state index < -0.39 is 0 Å². The van der Waals surface area contributed by atoms with Crippen LogP contribution in [-0.2, 0) is 6.54 Å². The predicted molar refractivity (Wildman–Crippen MR) is 86.6 cm³/mol. The number of hydrogen-bond acceptors (Lipinski definition) is 4. The summed E-state index contributed by atoms with van der Waals surface area (Å²) in [5, 5.41) is 3.39. The molecule has 0 aromatic carbocycles.